The first-order valence-corrected chi connectivity index (χ1v) is 11.4. The van der Waals surface area contributed by atoms with Crippen LogP contribution in [0.5, 0.6) is 11.5 Å². The van der Waals surface area contributed by atoms with Gasteiger partial charge in [0.15, 0.2) is 11.5 Å². The number of H-pyrrole nitrogens is 1. The number of aromatic nitrogens is 2. The molecule has 0 saturated heterocycles. The molecule has 1 heterocycles. The summed E-state index contributed by atoms with van der Waals surface area (Å²) in [6, 6.07) is 16.5. The van der Waals surface area contributed by atoms with Gasteiger partial charge in [0, 0.05) is 0 Å². The van der Waals surface area contributed by atoms with Crippen LogP contribution in [0.25, 0.3) is 10.9 Å². The van der Waals surface area contributed by atoms with E-state index in [1.54, 1.807) is 48.5 Å². The average molecular weight is 538 g/mol. The Balaban J connectivity index is 1.63. The first kappa shape index (κ1) is 24.0. The normalized spacial score (nSPS) is 11.1. The van der Waals surface area contributed by atoms with Gasteiger partial charge >= 0.3 is 11.7 Å². The highest BCUT2D eigenvalue weighted by molar-refractivity contribution is 9.10. The molecule has 0 unspecified atom stereocenters. The molecule has 4 rings (SSSR count). The van der Waals surface area contributed by atoms with E-state index in [4.69, 9.17) is 9.47 Å². The Bertz CT molecular complexity index is 1560. The van der Waals surface area contributed by atoms with Crippen molar-refractivity contribution in [2.45, 2.75) is 13.5 Å². The highest BCUT2D eigenvalue weighted by Crippen LogP contribution is 2.37. The number of nitrogens with zero attached hydrogens (tertiary/aromatic N) is 2. The van der Waals surface area contributed by atoms with Crippen molar-refractivity contribution in [2.24, 2.45) is 5.10 Å². The molecule has 0 saturated carbocycles. The maximum absolute atomic E-state index is 12.7. The molecular weight excluding hydrogens is 518 g/mol. The van der Waals surface area contributed by atoms with E-state index in [2.05, 4.69) is 26.0 Å². The minimum atomic E-state index is -1.02. The Labute approximate surface area is 207 Å². The van der Waals surface area contributed by atoms with Gasteiger partial charge in [0.05, 0.1) is 33.8 Å². The summed E-state index contributed by atoms with van der Waals surface area (Å²) < 4.78 is 13.0. The number of para-hydroxylation sites is 1. The number of halogens is 1. The third-order valence-corrected chi connectivity index (χ3v) is 5.58. The quantitative estimate of drug-likeness (QED) is 0.327. The summed E-state index contributed by atoms with van der Waals surface area (Å²) in [5, 5.41) is 13.6. The van der Waals surface area contributed by atoms with E-state index in [0.717, 1.165) is 4.68 Å². The lowest BCUT2D eigenvalue weighted by atomic mass is 10.1. The van der Waals surface area contributed by atoms with Gasteiger partial charge in [-0.05, 0) is 70.4 Å². The molecule has 0 bridgehead atoms. The lowest BCUT2D eigenvalue weighted by Gasteiger charge is -2.15. The lowest BCUT2D eigenvalue weighted by Crippen LogP contribution is -2.32. The van der Waals surface area contributed by atoms with Gasteiger partial charge in [-0.2, -0.15) is 5.10 Å². The van der Waals surface area contributed by atoms with E-state index in [-0.39, 0.29) is 12.2 Å². The zero-order valence-electron chi connectivity index (χ0n) is 18.5. The summed E-state index contributed by atoms with van der Waals surface area (Å²) in [4.78, 5) is 38.9. The van der Waals surface area contributed by atoms with Gasteiger partial charge in [0.2, 0.25) is 0 Å². The predicted molar refractivity (Wildman–Crippen MR) is 135 cm³/mol. The number of aromatic amines is 1. The summed E-state index contributed by atoms with van der Waals surface area (Å²) in [7, 11) is 0. The second-order valence-corrected chi connectivity index (χ2v) is 8.25. The van der Waals surface area contributed by atoms with E-state index >= 15 is 0 Å². The topological polar surface area (TPSA) is 123 Å². The van der Waals surface area contributed by atoms with Crippen LogP contribution >= 0.6 is 15.9 Å². The van der Waals surface area contributed by atoms with Crippen LogP contribution in [-0.2, 0) is 6.61 Å². The van der Waals surface area contributed by atoms with Crippen molar-refractivity contribution in [3.05, 3.63) is 103 Å². The first-order chi connectivity index (χ1) is 16.9. The predicted octanol–water partition coefficient (Wildman–Crippen LogP) is 4.01. The average Bonchev–Trinajstić information content (AvgIpc) is 2.84. The van der Waals surface area contributed by atoms with Crippen molar-refractivity contribution >= 4 is 39.0 Å². The highest BCUT2D eigenvalue weighted by atomic mass is 79.9. The maximum Gasteiger partial charge on any atom is 0.349 e. The van der Waals surface area contributed by atoms with E-state index in [0.29, 0.717) is 44.6 Å². The van der Waals surface area contributed by atoms with Crippen LogP contribution in [0.1, 0.15) is 28.4 Å². The monoisotopic (exact) mass is 537 g/mol. The molecule has 2 N–H and O–H groups in total. The van der Waals surface area contributed by atoms with Crippen molar-refractivity contribution < 1.29 is 19.4 Å². The lowest BCUT2D eigenvalue weighted by molar-refractivity contribution is 0.0696. The molecule has 35 heavy (non-hydrogen) atoms. The number of carbonyl (C=O) groups is 1. The Kier molecular flexibility index (Phi) is 7.11. The fraction of sp³-hybridized carbons (Fsp3) is 0.120. The third kappa shape index (κ3) is 5.33. The summed E-state index contributed by atoms with van der Waals surface area (Å²) in [5.41, 5.74) is 0.650. The number of benzene rings is 3. The molecule has 4 aromatic rings. The van der Waals surface area contributed by atoms with E-state index in [9.17, 15) is 19.5 Å². The number of ether oxygens (including phenoxy) is 2. The number of hydrogen-bond donors (Lipinski definition) is 2. The van der Waals surface area contributed by atoms with Crippen LogP contribution in [0.15, 0.2) is 79.8 Å². The molecule has 178 valence electrons. The molecule has 0 fully saturated rings. The van der Waals surface area contributed by atoms with Gasteiger partial charge in [0.1, 0.15) is 6.61 Å². The number of carboxylic acids is 1. The highest BCUT2D eigenvalue weighted by Gasteiger charge is 2.13. The molecule has 0 spiro atoms. The van der Waals surface area contributed by atoms with Crippen molar-refractivity contribution in [1.29, 1.82) is 0 Å². The van der Waals surface area contributed by atoms with Gasteiger partial charge in [0.25, 0.3) is 5.56 Å². The maximum atomic E-state index is 12.7. The van der Waals surface area contributed by atoms with Crippen LogP contribution in [0.2, 0.25) is 0 Å². The van der Waals surface area contributed by atoms with Gasteiger partial charge in [-0.25, -0.2) is 9.59 Å². The van der Waals surface area contributed by atoms with Crippen LogP contribution in [0, 0.1) is 0 Å². The standard InChI is InChI=1S/C25H20BrN3O6/c1-2-34-21-12-16(13-27-29-23(30)18-8-3-4-9-20(18)28-25(29)33)11-19(26)22(21)35-14-15-6-5-7-17(10-15)24(31)32/h3-13H,2,14H2,1H3,(H,28,33)(H,31,32). The Morgan fingerprint density at radius 1 is 1.11 bits per heavy atom. The SMILES string of the molecule is CCOc1cc(C=Nn2c(=O)[nH]c3ccccc3c2=O)cc(Br)c1OCc1cccc(C(=O)O)c1. The third-order valence-electron chi connectivity index (χ3n) is 4.99. The van der Waals surface area contributed by atoms with Crippen LogP contribution in [0.4, 0.5) is 0 Å². The molecule has 0 atom stereocenters. The van der Waals surface area contributed by atoms with E-state index in [1.807, 2.05) is 6.92 Å². The smallest absolute Gasteiger partial charge is 0.349 e. The molecule has 9 nitrogen and oxygen atoms in total. The number of fused-ring (bicyclic) bond motifs is 1. The largest absolute Gasteiger partial charge is 0.490 e. The minimum absolute atomic E-state index is 0.120. The molecule has 1 aromatic heterocycles. The van der Waals surface area contributed by atoms with Crippen LogP contribution in [0.3, 0.4) is 0 Å². The molecular formula is C25H20BrN3O6. The molecule has 0 radical (unpaired) electrons. The Morgan fingerprint density at radius 3 is 2.69 bits per heavy atom. The molecule has 0 aliphatic heterocycles. The van der Waals surface area contributed by atoms with Gasteiger partial charge in [-0.3, -0.25) is 4.79 Å². The van der Waals surface area contributed by atoms with Gasteiger partial charge in [-0.15, -0.1) is 4.68 Å². The molecule has 0 aliphatic carbocycles. The number of aromatic carboxylic acids is 1. The molecule has 0 aliphatic rings. The Hall–Kier alpha value is -4.18. The van der Waals surface area contributed by atoms with E-state index in [1.165, 1.54) is 18.3 Å². The second kappa shape index (κ2) is 10.4. The molecule has 3 aromatic carbocycles. The van der Waals surface area contributed by atoms with Crippen molar-refractivity contribution in [1.82, 2.24) is 9.66 Å². The van der Waals surface area contributed by atoms with Crippen molar-refractivity contribution in [2.75, 3.05) is 6.61 Å². The second-order valence-electron chi connectivity index (χ2n) is 7.39. The fourth-order valence-corrected chi connectivity index (χ4v) is 3.97. The molecule has 0 amide bonds. The van der Waals surface area contributed by atoms with Crippen LogP contribution < -0.4 is 20.7 Å². The summed E-state index contributed by atoms with van der Waals surface area (Å²) in [6.07, 6.45) is 1.37. The van der Waals surface area contributed by atoms with Crippen LogP contribution in [-0.4, -0.2) is 33.6 Å². The number of carboxylic acid groups (broad SMARTS) is 1. The van der Waals surface area contributed by atoms with Crippen molar-refractivity contribution in [3.8, 4) is 11.5 Å². The number of rotatable bonds is 8. The number of hydrogen-bond acceptors (Lipinski definition) is 6. The fourth-order valence-electron chi connectivity index (χ4n) is 3.40. The Morgan fingerprint density at radius 2 is 1.91 bits per heavy atom. The zero-order valence-corrected chi connectivity index (χ0v) is 20.1. The summed E-state index contributed by atoms with van der Waals surface area (Å²) in [6.45, 7) is 2.31. The van der Waals surface area contributed by atoms with E-state index < -0.39 is 17.2 Å². The first-order valence-electron chi connectivity index (χ1n) is 10.6. The number of nitrogens with one attached hydrogen (secondary N) is 1. The summed E-state index contributed by atoms with van der Waals surface area (Å²) >= 11 is 3.47. The molecule has 10 heteroatoms. The minimum Gasteiger partial charge on any atom is -0.490 e. The van der Waals surface area contributed by atoms with Gasteiger partial charge in [-0.1, -0.05) is 24.3 Å². The zero-order chi connectivity index (χ0) is 24.9. The van der Waals surface area contributed by atoms with Crippen molar-refractivity contribution in [3.63, 3.8) is 0 Å². The summed E-state index contributed by atoms with van der Waals surface area (Å²) in [5.74, 6) is -0.182. The van der Waals surface area contributed by atoms with Gasteiger partial charge < -0.3 is 19.6 Å².